The van der Waals surface area contributed by atoms with Crippen LogP contribution in [-0.2, 0) is 21.9 Å². The van der Waals surface area contributed by atoms with Gasteiger partial charge in [-0.3, -0.25) is 9.48 Å². The van der Waals surface area contributed by atoms with E-state index in [2.05, 4.69) is 10.1 Å². The van der Waals surface area contributed by atoms with E-state index in [0.717, 1.165) is 11.3 Å². The first-order valence-electron chi connectivity index (χ1n) is 5.46. The minimum Gasteiger partial charge on any atom is -0.276 e. The standard InChI is InChI=1S/C10H11ClN4O3S2/c1-6(7-3-12-15(2)4-7)9(16)14-20(17,18)10-13-8(11)5-19-10/h3-6H,1-2H3,(H,14,16). The van der Waals surface area contributed by atoms with Crippen LogP contribution in [0.2, 0.25) is 5.15 Å². The number of carbonyl (C=O) groups excluding carboxylic acids is 1. The maximum Gasteiger partial charge on any atom is 0.291 e. The molecule has 0 aliphatic heterocycles. The van der Waals surface area contributed by atoms with Crippen molar-refractivity contribution in [2.75, 3.05) is 0 Å². The van der Waals surface area contributed by atoms with Crippen molar-refractivity contribution >= 4 is 38.9 Å². The first kappa shape index (κ1) is 14.9. The van der Waals surface area contributed by atoms with Crippen LogP contribution in [0.5, 0.6) is 0 Å². The largest absolute Gasteiger partial charge is 0.291 e. The maximum atomic E-state index is 12.0. The third-order valence-corrected chi connectivity index (χ3v) is 5.46. The zero-order valence-electron chi connectivity index (χ0n) is 10.6. The fourth-order valence-corrected chi connectivity index (χ4v) is 3.69. The summed E-state index contributed by atoms with van der Waals surface area (Å²) < 4.78 is 27.1. The topological polar surface area (TPSA) is 93.9 Å². The van der Waals surface area contributed by atoms with Crippen molar-refractivity contribution in [1.82, 2.24) is 19.5 Å². The summed E-state index contributed by atoms with van der Waals surface area (Å²) in [6.45, 7) is 1.59. The summed E-state index contributed by atoms with van der Waals surface area (Å²) in [5, 5.41) is 5.39. The molecule has 0 spiro atoms. The van der Waals surface area contributed by atoms with Crippen LogP contribution < -0.4 is 4.72 Å². The second-order valence-electron chi connectivity index (χ2n) is 4.07. The molecule has 7 nitrogen and oxygen atoms in total. The third kappa shape index (κ3) is 3.17. The number of amides is 1. The molecule has 1 atom stereocenters. The number of nitrogens with one attached hydrogen (secondary N) is 1. The van der Waals surface area contributed by atoms with Gasteiger partial charge in [-0.1, -0.05) is 11.6 Å². The summed E-state index contributed by atoms with van der Waals surface area (Å²) >= 11 is 6.42. The second kappa shape index (κ2) is 5.51. The SMILES string of the molecule is CC(C(=O)NS(=O)(=O)c1nc(Cl)cs1)c1cnn(C)c1. The molecule has 2 heterocycles. The first-order chi connectivity index (χ1) is 9.29. The molecule has 0 aliphatic carbocycles. The highest BCUT2D eigenvalue weighted by Gasteiger charge is 2.25. The first-order valence-corrected chi connectivity index (χ1v) is 8.20. The van der Waals surface area contributed by atoms with Gasteiger partial charge >= 0.3 is 0 Å². The highest BCUT2D eigenvalue weighted by molar-refractivity contribution is 7.92. The Morgan fingerprint density at radius 2 is 2.25 bits per heavy atom. The second-order valence-corrected chi connectivity index (χ2v) is 7.18. The van der Waals surface area contributed by atoms with E-state index in [9.17, 15) is 13.2 Å². The van der Waals surface area contributed by atoms with Crippen molar-refractivity contribution in [3.8, 4) is 0 Å². The van der Waals surface area contributed by atoms with Gasteiger partial charge in [0.15, 0.2) is 0 Å². The van der Waals surface area contributed by atoms with E-state index < -0.39 is 21.8 Å². The predicted octanol–water partition coefficient (Wildman–Crippen LogP) is 1.14. The highest BCUT2D eigenvalue weighted by atomic mass is 35.5. The molecule has 0 radical (unpaired) electrons. The minimum absolute atomic E-state index is 0.0723. The minimum atomic E-state index is -3.99. The van der Waals surface area contributed by atoms with E-state index >= 15 is 0 Å². The molecule has 1 unspecified atom stereocenters. The van der Waals surface area contributed by atoms with Crippen molar-refractivity contribution < 1.29 is 13.2 Å². The summed E-state index contributed by atoms with van der Waals surface area (Å²) in [6, 6.07) is 0. The van der Waals surface area contributed by atoms with Crippen LogP contribution in [-0.4, -0.2) is 29.1 Å². The van der Waals surface area contributed by atoms with Crippen LogP contribution in [0.4, 0.5) is 0 Å². The number of nitrogens with zero attached hydrogens (tertiary/aromatic N) is 3. The summed E-state index contributed by atoms with van der Waals surface area (Å²) in [5.41, 5.74) is 0.623. The molecule has 1 N–H and O–H groups in total. The number of carbonyl (C=O) groups is 1. The van der Waals surface area contributed by atoms with Gasteiger partial charge in [-0.15, -0.1) is 11.3 Å². The number of hydrogen-bond acceptors (Lipinski definition) is 6. The predicted molar refractivity (Wildman–Crippen MR) is 74.1 cm³/mol. The number of halogens is 1. The van der Waals surface area contributed by atoms with Crippen molar-refractivity contribution in [2.45, 2.75) is 17.2 Å². The zero-order valence-corrected chi connectivity index (χ0v) is 13.0. The van der Waals surface area contributed by atoms with Gasteiger partial charge in [0.05, 0.1) is 12.1 Å². The molecule has 10 heteroatoms. The van der Waals surface area contributed by atoms with Gasteiger partial charge in [-0.2, -0.15) is 13.5 Å². The van der Waals surface area contributed by atoms with Gasteiger partial charge in [0.2, 0.25) is 10.2 Å². The van der Waals surface area contributed by atoms with Crippen LogP contribution in [0, 0.1) is 0 Å². The maximum absolute atomic E-state index is 12.0. The molecular weight excluding hydrogens is 324 g/mol. The highest BCUT2D eigenvalue weighted by Crippen LogP contribution is 2.20. The molecule has 0 saturated heterocycles. The quantitative estimate of drug-likeness (QED) is 0.904. The lowest BCUT2D eigenvalue weighted by atomic mass is 10.1. The summed E-state index contributed by atoms with van der Waals surface area (Å²) in [4.78, 5) is 15.6. The van der Waals surface area contributed by atoms with E-state index in [1.54, 1.807) is 20.2 Å². The molecule has 0 bridgehead atoms. The molecule has 0 fully saturated rings. The Kier molecular flexibility index (Phi) is 4.11. The average molecular weight is 335 g/mol. The van der Waals surface area contributed by atoms with Gasteiger partial charge in [0, 0.05) is 24.2 Å². The zero-order chi connectivity index (χ0) is 14.9. The van der Waals surface area contributed by atoms with E-state index in [4.69, 9.17) is 11.6 Å². The fraction of sp³-hybridized carbons (Fsp3) is 0.300. The average Bonchev–Trinajstić information content (AvgIpc) is 2.96. The van der Waals surface area contributed by atoms with Gasteiger partial charge in [-0.05, 0) is 6.92 Å². The van der Waals surface area contributed by atoms with E-state index in [1.165, 1.54) is 16.3 Å². The van der Waals surface area contributed by atoms with E-state index in [0.29, 0.717) is 5.56 Å². The van der Waals surface area contributed by atoms with E-state index in [-0.39, 0.29) is 9.49 Å². The molecule has 108 valence electrons. The van der Waals surface area contributed by atoms with Crippen LogP contribution >= 0.6 is 22.9 Å². The smallest absolute Gasteiger partial charge is 0.276 e. The monoisotopic (exact) mass is 334 g/mol. The van der Waals surface area contributed by atoms with Crippen molar-refractivity contribution in [2.24, 2.45) is 7.05 Å². The Morgan fingerprint density at radius 1 is 1.55 bits per heavy atom. The Hall–Kier alpha value is -1.45. The van der Waals surface area contributed by atoms with Crippen molar-refractivity contribution in [1.29, 1.82) is 0 Å². The lowest BCUT2D eigenvalue weighted by Crippen LogP contribution is -2.33. The molecular formula is C10H11ClN4O3S2. The number of aromatic nitrogens is 3. The molecule has 2 rings (SSSR count). The summed E-state index contributed by atoms with van der Waals surface area (Å²) in [7, 11) is -2.28. The van der Waals surface area contributed by atoms with Gasteiger partial charge in [-0.25, -0.2) is 9.71 Å². The van der Waals surface area contributed by atoms with Gasteiger partial charge < -0.3 is 0 Å². The summed E-state index contributed by atoms with van der Waals surface area (Å²) in [5.74, 6) is -1.29. The summed E-state index contributed by atoms with van der Waals surface area (Å²) in [6.07, 6.45) is 3.16. The lowest BCUT2D eigenvalue weighted by Gasteiger charge is -2.09. The third-order valence-electron chi connectivity index (χ3n) is 2.54. The Labute approximate surface area is 124 Å². The Morgan fingerprint density at radius 3 is 2.75 bits per heavy atom. The fourth-order valence-electron chi connectivity index (χ4n) is 1.44. The Balaban J connectivity index is 2.15. The normalized spacial score (nSPS) is 13.2. The van der Waals surface area contributed by atoms with Crippen LogP contribution in [0.25, 0.3) is 0 Å². The van der Waals surface area contributed by atoms with Crippen LogP contribution in [0.1, 0.15) is 18.4 Å². The van der Waals surface area contributed by atoms with Crippen LogP contribution in [0.3, 0.4) is 0 Å². The number of aryl methyl sites for hydroxylation is 1. The number of sulfonamides is 1. The number of rotatable bonds is 4. The van der Waals surface area contributed by atoms with Crippen LogP contribution in [0.15, 0.2) is 22.1 Å². The molecule has 0 aromatic carbocycles. The molecule has 0 saturated carbocycles. The van der Waals surface area contributed by atoms with Crippen molar-refractivity contribution in [3.05, 3.63) is 28.5 Å². The van der Waals surface area contributed by atoms with E-state index in [1.807, 2.05) is 4.72 Å². The Bertz CT molecular complexity index is 737. The number of hydrogen-bond donors (Lipinski definition) is 1. The van der Waals surface area contributed by atoms with Gasteiger partial charge in [0.1, 0.15) is 5.15 Å². The molecule has 0 aliphatic rings. The molecule has 1 amide bonds. The molecule has 2 aromatic rings. The lowest BCUT2D eigenvalue weighted by molar-refractivity contribution is -0.120. The van der Waals surface area contributed by atoms with Gasteiger partial charge in [0.25, 0.3) is 10.0 Å². The number of thiazole rings is 1. The molecule has 2 aromatic heterocycles. The van der Waals surface area contributed by atoms with Crippen molar-refractivity contribution in [3.63, 3.8) is 0 Å². The molecule has 20 heavy (non-hydrogen) atoms.